The van der Waals surface area contributed by atoms with E-state index in [1.807, 2.05) is 12.1 Å². The number of carbonyl (C=O) groups is 1. The highest BCUT2D eigenvalue weighted by atomic mass is 16.2. The molecule has 0 radical (unpaired) electrons. The summed E-state index contributed by atoms with van der Waals surface area (Å²) in [6.45, 7) is 7.82. The van der Waals surface area contributed by atoms with Crippen molar-refractivity contribution in [2.24, 2.45) is 0 Å². The van der Waals surface area contributed by atoms with Crippen molar-refractivity contribution in [2.45, 2.75) is 25.7 Å². The van der Waals surface area contributed by atoms with Crippen molar-refractivity contribution < 1.29 is 4.79 Å². The molecule has 2 heterocycles. The number of benzene rings is 2. The van der Waals surface area contributed by atoms with E-state index in [1.54, 1.807) is 0 Å². The van der Waals surface area contributed by atoms with E-state index in [0.29, 0.717) is 6.54 Å². The normalized spacial score (nSPS) is 18.3. The summed E-state index contributed by atoms with van der Waals surface area (Å²) in [5.74, 6) is 0.0819. The Morgan fingerprint density at radius 2 is 1.43 bits per heavy atom. The first-order chi connectivity index (χ1) is 14.8. The molecule has 2 aromatic rings. The second kappa shape index (κ2) is 10.6. The molecule has 5 nitrogen and oxygen atoms in total. The summed E-state index contributed by atoms with van der Waals surface area (Å²) in [4.78, 5) is 19.7. The van der Waals surface area contributed by atoms with Gasteiger partial charge in [0.1, 0.15) is 0 Å². The fourth-order valence-electron chi connectivity index (χ4n) is 4.41. The van der Waals surface area contributed by atoms with Gasteiger partial charge in [0.15, 0.2) is 0 Å². The van der Waals surface area contributed by atoms with Gasteiger partial charge >= 0.3 is 0 Å². The fraction of sp³-hybridized carbons (Fsp3) is 0.480. The molecule has 5 heteroatoms. The van der Waals surface area contributed by atoms with Crippen LogP contribution in [0.5, 0.6) is 0 Å². The molecule has 2 saturated heterocycles. The van der Waals surface area contributed by atoms with E-state index >= 15 is 0 Å². The van der Waals surface area contributed by atoms with Gasteiger partial charge in [-0.15, -0.1) is 0 Å². The lowest BCUT2D eigenvalue weighted by Gasteiger charge is -2.34. The van der Waals surface area contributed by atoms with Crippen molar-refractivity contribution in [1.29, 1.82) is 0 Å². The molecule has 0 unspecified atom stereocenters. The second-order valence-electron chi connectivity index (χ2n) is 8.50. The molecule has 160 valence electrons. The predicted molar refractivity (Wildman–Crippen MR) is 124 cm³/mol. The SMILES string of the molecule is O=C(CN1CCN(CCc2ccccc2)CC1)Nc1ccc(N2CCCCC2)cc1. The van der Waals surface area contributed by atoms with Crippen molar-refractivity contribution in [2.75, 3.05) is 62.6 Å². The minimum absolute atomic E-state index is 0.0819. The Bertz CT molecular complexity index is 779. The molecule has 0 saturated carbocycles. The maximum Gasteiger partial charge on any atom is 0.238 e. The molecule has 0 spiro atoms. The smallest absolute Gasteiger partial charge is 0.238 e. The third-order valence-corrected chi connectivity index (χ3v) is 6.26. The lowest BCUT2D eigenvalue weighted by molar-refractivity contribution is -0.117. The van der Waals surface area contributed by atoms with Crippen LogP contribution in [0, 0.1) is 0 Å². The van der Waals surface area contributed by atoms with Crippen LogP contribution in [0.4, 0.5) is 11.4 Å². The van der Waals surface area contributed by atoms with E-state index < -0.39 is 0 Å². The highest BCUT2D eigenvalue weighted by Gasteiger charge is 2.19. The standard InChI is InChI=1S/C25H34N4O/c30-25(26-23-9-11-24(12-10-23)29-14-5-2-6-15-29)21-28-19-17-27(18-20-28)16-13-22-7-3-1-4-8-22/h1,3-4,7-12H,2,5-6,13-21H2,(H,26,30). The Kier molecular flexibility index (Phi) is 7.38. The van der Waals surface area contributed by atoms with E-state index in [0.717, 1.165) is 57.9 Å². The monoisotopic (exact) mass is 406 g/mol. The Hall–Kier alpha value is -2.37. The maximum atomic E-state index is 12.5. The van der Waals surface area contributed by atoms with E-state index in [4.69, 9.17) is 0 Å². The van der Waals surface area contributed by atoms with Gasteiger partial charge in [-0.2, -0.15) is 0 Å². The summed E-state index contributed by atoms with van der Waals surface area (Å²) in [7, 11) is 0. The second-order valence-corrected chi connectivity index (χ2v) is 8.50. The lowest BCUT2D eigenvalue weighted by Crippen LogP contribution is -2.49. The molecule has 2 fully saturated rings. The Labute approximate surface area is 180 Å². The Balaban J connectivity index is 1.17. The number of nitrogens with one attached hydrogen (secondary N) is 1. The molecular formula is C25H34N4O. The molecular weight excluding hydrogens is 372 g/mol. The Morgan fingerprint density at radius 1 is 0.767 bits per heavy atom. The van der Waals surface area contributed by atoms with Crippen LogP contribution in [0.2, 0.25) is 0 Å². The number of amides is 1. The van der Waals surface area contributed by atoms with Crippen LogP contribution in [0.1, 0.15) is 24.8 Å². The van der Waals surface area contributed by atoms with Gasteiger partial charge in [0, 0.05) is 57.2 Å². The van der Waals surface area contributed by atoms with Crippen LogP contribution >= 0.6 is 0 Å². The highest BCUT2D eigenvalue weighted by molar-refractivity contribution is 5.92. The number of hydrogen-bond acceptors (Lipinski definition) is 4. The zero-order valence-electron chi connectivity index (χ0n) is 17.9. The molecule has 2 aromatic carbocycles. The van der Waals surface area contributed by atoms with Gasteiger partial charge in [-0.1, -0.05) is 30.3 Å². The third-order valence-electron chi connectivity index (χ3n) is 6.26. The van der Waals surface area contributed by atoms with Crippen molar-refractivity contribution in [3.05, 3.63) is 60.2 Å². The molecule has 0 aliphatic carbocycles. The third kappa shape index (κ3) is 6.07. The molecule has 2 aliphatic rings. The number of nitrogens with zero attached hydrogens (tertiary/aromatic N) is 3. The fourth-order valence-corrected chi connectivity index (χ4v) is 4.41. The van der Waals surface area contributed by atoms with Crippen molar-refractivity contribution >= 4 is 17.3 Å². The van der Waals surface area contributed by atoms with Crippen LogP contribution in [0.15, 0.2) is 54.6 Å². The topological polar surface area (TPSA) is 38.8 Å². The molecule has 1 N–H and O–H groups in total. The number of hydrogen-bond donors (Lipinski definition) is 1. The van der Waals surface area contributed by atoms with Gasteiger partial charge in [0.05, 0.1) is 6.54 Å². The summed E-state index contributed by atoms with van der Waals surface area (Å²) in [5, 5.41) is 3.06. The molecule has 0 bridgehead atoms. The Morgan fingerprint density at radius 3 is 2.13 bits per heavy atom. The highest BCUT2D eigenvalue weighted by Crippen LogP contribution is 2.21. The van der Waals surface area contributed by atoms with Gasteiger partial charge < -0.3 is 15.1 Å². The van der Waals surface area contributed by atoms with E-state index in [2.05, 4.69) is 62.5 Å². The van der Waals surface area contributed by atoms with Gasteiger partial charge in [-0.05, 0) is 55.5 Å². The summed E-state index contributed by atoms with van der Waals surface area (Å²) >= 11 is 0. The van der Waals surface area contributed by atoms with Gasteiger partial charge in [-0.25, -0.2) is 0 Å². The number of anilines is 2. The van der Waals surface area contributed by atoms with Gasteiger partial charge in [0.25, 0.3) is 0 Å². The molecule has 4 rings (SSSR count). The largest absolute Gasteiger partial charge is 0.372 e. The number of rotatable bonds is 7. The van der Waals surface area contributed by atoms with Crippen LogP contribution in [0.3, 0.4) is 0 Å². The van der Waals surface area contributed by atoms with E-state index in [9.17, 15) is 4.79 Å². The van der Waals surface area contributed by atoms with E-state index in [1.165, 1.54) is 30.5 Å². The summed E-state index contributed by atoms with van der Waals surface area (Å²) in [5.41, 5.74) is 3.55. The summed E-state index contributed by atoms with van der Waals surface area (Å²) in [6, 6.07) is 19.0. The molecule has 0 aromatic heterocycles. The van der Waals surface area contributed by atoms with Crippen LogP contribution < -0.4 is 10.2 Å². The quantitative estimate of drug-likeness (QED) is 0.764. The van der Waals surface area contributed by atoms with Gasteiger partial charge in [0.2, 0.25) is 5.91 Å². The first-order valence-corrected chi connectivity index (χ1v) is 11.4. The van der Waals surface area contributed by atoms with Crippen molar-refractivity contribution in [1.82, 2.24) is 9.80 Å². The molecule has 1 amide bonds. The number of carbonyl (C=O) groups excluding carboxylic acids is 1. The predicted octanol–water partition coefficient (Wildman–Crippen LogP) is 3.48. The number of piperidine rings is 1. The van der Waals surface area contributed by atoms with Crippen LogP contribution in [-0.4, -0.2) is 68.1 Å². The average Bonchev–Trinajstić information content (AvgIpc) is 2.80. The zero-order valence-corrected chi connectivity index (χ0v) is 17.9. The summed E-state index contributed by atoms with van der Waals surface area (Å²) < 4.78 is 0. The van der Waals surface area contributed by atoms with Crippen LogP contribution in [-0.2, 0) is 11.2 Å². The van der Waals surface area contributed by atoms with E-state index in [-0.39, 0.29) is 5.91 Å². The van der Waals surface area contributed by atoms with Crippen LogP contribution in [0.25, 0.3) is 0 Å². The summed E-state index contributed by atoms with van der Waals surface area (Å²) in [6.07, 6.45) is 4.98. The average molecular weight is 407 g/mol. The van der Waals surface area contributed by atoms with Gasteiger partial charge in [-0.3, -0.25) is 9.69 Å². The zero-order chi connectivity index (χ0) is 20.6. The molecule has 0 atom stereocenters. The number of piperazine rings is 1. The lowest BCUT2D eigenvalue weighted by atomic mass is 10.1. The minimum atomic E-state index is 0.0819. The molecule has 30 heavy (non-hydrogen) atoms. The molecule has 2 aliphatic heterocycles. The maximum absolute atomic E-state index is 12.5. The van der Waals surface area contributed by atoms with Crippen molar-refractivity contribution in [3.63, 3.8) is 0 Å². The minimum Gasteiger partial charge on any atom is -0.372 e. The van der Waals surface area contributed by atoms with Crippen molar-refractivity contribution in [3.8, 4) is 0 Å². The first-order valence-electron chi connectivity index (χ1n) is 11.4. The first kappa shape index (κ1) is 20.9.